The van der Waals surface area contributed by atoms with Crippen molar-refractivity contribution in [2.45, 2.75) is 45.2 Å². The average molecular weight is 238 g/mol. The van der Waals surface area contributed by atoms with Crippen LogP contribution in [-0.4, -0.2) is 18.8 Å². The van der Waals surface area contributed by atoms with E-state index in [1.165, 1.54) is 0 Å². The second kappa shape index (κ2) is 4.61. The van der Waals surface area contributed by atoms with Crippen molar-refractivity contribution >= 4 is 18.8 Å². The Morgan fingerprint density at radius 2 is 0.889 bits per heavy atom. The predicted octanol–water partition coefficient (Wildman–Crippen LogP) is 3.51. The van der Waals surface area contributed by atoms with E-state index in [-0.39, 0.29) is 0 Å². The molecule has 0 aromatic carbocycles. The Morgan fingerprint density at radius 3 is 0.889 bits per heavy atom. The van der Waals surface area contributed by atoms with Crippen molar-refractivity contribution in [1.29, 1.82) is 0 Å². The minimum absolute atomic E-state index is 1.29. The maximum atomic E-state index is 2.39. The molecule has 0 aromatic rings. The van der Waals surface area contributed by atoms with Gasteiger partial charge in [0, 0.05) is 0 Å². The Bertz CT molecular complexity index is 47.5. The first kappa shape index (κ1) is 9.82. The molecule has 0 saturated heterocycles. The van der Waals surface area contributed by atoms with Crippen LogP contribution >= 0.6 is 0 Å². The monoisotopic (exact) mass is 237 g/mol. The van der Waals surface area contributed by atoms with E-state index in [1.807, 2.05) is 0 Å². The summed E-state index contributed by atoms with van der Waals surface area (Å²) in [6, 6.07) is 0. The quantitative estimate of drug-likeness (QED) is 0.657. The van der Waals surface area contributed by atoms with Crippen LogP contribution < -0.4 is 0 Å². The zero-order valence-electron chi connectivity index (χ0n) is 7.28. The van der Waals surface area contributed by atoms with Gasteiger partial charge in [0.1, 0.15) is 0 Å². The topological polar surface area (TPSA) is 0 Å². The first-order valence-electron chi connectivity index (χ1n) is 4.09. The minimum atomic E-state index is -1.29. The van der Waals surface area contributed by atoms with Gasteiger partial charge in [-0.05, 0) is 0 Å². The molecular weight excluding hydrogens is 218 g/mol. The standard InChI is InChI=1S/4C2H5.Sb/c4*1-2;/h4*1H2,2H3;/q;;;;+1. The molecule has 0 unspecified atom stereocenters. The van der Waals surface area contributed by atoms with Gasteiger partial charge in [-0.2, -0.15) is 0 Å². The molecule has 0 saturated carbocycles. The van der Waals surface area contributed by atoms with E-state index in [2.05, 4.69) is 27.7 Å². The van der Waals surface area contributed by atoms with E-state index in [9.17, 15) is 0 Å². The molecule has 0 rings (SSSR count). The number of hydrogen-bond acceptors (Lipinski definition) is 0. The average Bonchev–Trinajstić information content (AvgIpc) is 1.95. The van der Waals surface area contributed by atoms with Crippen LogP contribution in [0.5, 0.6) is 0 Å². The van der Waals surface area contributed by atoms with Gasteiger partial charge in [0.15, 0.2) is 0 Å². The van der Waals surface area contributed by atoms with Crippen LogP contribution in [0.3, 0.4) is 0 Å². The predicted molar refractivity (Wildman–Crippen MR) is 47.7 cm³/mol. The molecule has 0 heterocycles. The summed E-state index contributed by atoms with van der Waals surface area (Å²) in [5, 5.41) is 0. The molecule has 0 radical (unpaired) electrons. The van der Waals surface area contributed by atoms with E-state index in [4.69, 9.17) is 0 Å². The number of hydrogen-bond donors (Lipinski definition) is 0. The first-order valence-corrected chi connectivity index (χ1v) is 11.3. The van der Waals surface area contributed by atoms with E-state index >= 15 is 0 Å². The van der Waals surface area contributed by atoms with E-state index < -0.39 is 18.8 Å². The SMILES string of the molecule is C[CH2][Sb+]([CH2]C)([CH2]C)[CH2]C. The van der Waals surface area contributed by atoms with Gasteiger partial charge in [-0.3, -0.25) is 0 Å². The van der Waals surface area contributed by atoms with Crippen molar-refractivity contribution in [3.63, 3.8) is 0 Å². The molecule has 0 fully saturated rings. The van der Waals surface area contributed by atoms with Gasteiger partial charge < -0.3 is 0 Å². The molecule has 0 amide bonds. The van der Waals surface area contributed by atoms with Crippen molar-refractivity contribution in [3.05, 3.63) is 0 Å². The summed E-state index contributed by atoms with van der Waals surface area (Å²) >= 11 is -1.29. The van der Waals surface area contributed by atoms with E-state index in [1.54, 1.807) is 17.5 Å². The first-order chi connectivity index (χ1) is 4.24. The van der Waals surface area contributed by atoms with Gasteiger partial charge >= 0.3 is 64.0 Å². The summed E-state index contributed by atoms with van der Waals surface area (Å²) in [4.78, 5) is 0. The summed E-state index contributed by atoms with van der Waals surface area (Å²) in [7, 11) is 0. The zero-order chi connectivity index (χ0) is 7.33. The van der Waals surface area contributed by atoms with Crippen LogP contribution in [0.1, 0.15) is 27.7 Å². The zero-order valence-corrected chi connectivity index (χ0v) is 9.83. The third-order valence-electron chi connectivity index (χ3n) is 2.68. The molecule has 0 bridgehead atoms. The molecule has 0 aliphatic heterocycles. The fourth-order valence-corrected chi connectivity index (χ4v) is 9.00. The molecule has 0 aliphatic carbocycles. The van der Waals surface area contributed by atoms with Crippen LogP contribution in [0.4, 0.5) is 0 Å². The van der Waals surface area contributed by atoms with Crippen molar-refractivity contribution in [2.24, 2.45) is 0 Å². The Morgan fingerprint density at radius 1 is 0.667 bits per heavy atom. The van der Waals surface area contributed by atoms with Gasteiger partial charge in [0.25, 0.3) is 0 Å². The van der Waals surface area contributed by atoms with Crippen LogP contribution in [0.25, 0.3) is 0 Å². The second-order valence-corrected chi connectivity index (χ2v) is 17.5. The van der Waals surface area contributed by atoms with Gasteiger partial charge in [0.2, 0.25) is 0 Å². The van der Waals surface area contributed by atoms with Crippen molar-refractivity contribution < 1.29 is 0 Å². The molecule has 0 nitrogen and oxygen atoms in total. The summed E-state index contributed by atoms with van der Waals surface area (Å²) in [5.74, 6) is 0. The molecule has 0 N–H and O–H groups in total. The Kier molecular flexibility index (Phi) is 5.02. The summed E-state index contributed by atoms with van der Waals surface area (Å²) in [6.07, 6.45) is 0. The van der Waals surface area contributed by atoms with Crippen LogP contribution in [0.15, 0.2) is 0 Å². The van der Waals surface area contributed by atoms with Crippen molar-refractivity contribution in [2.75, 3.05) is 0 Å². The van der Waals surface area contributed by atoms with Crippen LogP contribution in [0.2, 0.25) is 17.5 Å². The molecule has 0 spiro atoms. The van der Waals surface area contributed by atoms with Crippen LogP contribution in [-0.2, 0) is 0 Å². The third kappa shape index (κ3) is 2.49. The summed E-state index contributed by atoms with van der Waals surface area (Å²) in [5.41, 5.74) is 0. The summed E-state index contributed by atoms with van der Waals surface area (Å²) < 4.78 is 6.18. The Balaban J connectivity index is 3.82. The molecule has 0 aliphatic rings. The third-order valence-corrected chi connectivity index (χ3v) is 18.0. The Hall–Kier alpha value is 0.818. The van der Waals surface area contributed by atoms with Crippen molar-refractivity contribution in [3.8, 4) is 0 Å². The maximum absolute atomic E-state index is 2.39. The fourth-order valence-electron chi connectivity index (χ4n) is 1.34. The van der Waals surface area contributed by atoms with E-state index in [0.717, 1.165) is 0 Å². The van der Waals surface area contributed by atoms with Gasteiger partial charge in [0.05, 0.1) is 0 Å². The normalized spacial score (nSPS) is 12.0. The van der Waals surface area contributed by atoms with Crippen LogP contribution in [0, 0.1) is 0 Å². The van der Waals surface area contributed by atoms with Gasteiger partial charge in [-0.25, -0.2) is 0 Å². The molecular formula is C8H20Sb+. The van der Waals surface area contributed by atoms with Gasteiger partial charge in [-0.1, -0.05) is 0 Å². The summed E-state index contributed by atoms with van der Waals surface area (Å²) in [6.45, 7) is 9.56. The number of rotatable bonds is 4. The molecule has 9 heavy (non-hydrogen) atoms. The molecule has 1 heteroatoms. The molecule has 0 aromatic heterocycles. The second-order valence-electron chi connectivity index (χ2n) is 2.61. The Labute approximate surface area is 64.0 Å². The van der Waals surface area contributed by atoms with Crippen molar-refractivity contribution in [1.82, 2.24) is 0 Å². The molecule has 56 valence electrons. The van der Waals surface area contributed by atoms with Gasteiger partial charge in [-0.15, -0.1) is 0 Å². The fraction of sp³-hybridized carbons (Fsp3) is 1.00. The van der Waals surface area contributed by atoms with E-state index in [0.29, 0.717) is 0 Å². The molecule has 0 atom stereocenters.